The van der Waals surface area contributed by atoms with Crippen LogP contribution in [0.5, 0.6) is 0 Å². The number of nitrogens with two attached hydrogens (primary N) is 1. The van der Waals surface area contributed by atoms with Crippen molar-refractivity contribution in [2.45, 2.75) is 13.8 Å². The highest BCUT2D eigenvalue weighted by atomic mass is 35.5. The van der Waals surface area contributed by atoms with Crippen LogP contribution in [0.1, 0.15) is 11.4 Å². The van der Waals surface area contributed by atoms with E-state index >= 15 is 0 Å². The first-order valence-electron chi connectivity index (χ1n) is 4.67. The van der Waals surface area contributed by atoms with Crippen molar-refractivity contribution >= 4 is 17.3 Å². The van der Waals surface area contributed by atoms with Crippen LogP contribution < -0.4 is 5.73 Å². The first kappa shape index (κ1) is 10.1. The molecule has 0 spiro atoms. The Kier molecular flexibility index (Phi) is 2.40. The zero-order chi connectivity index (χ0) is 11.0. The van der Waals surface area contributed by atoms with Gasteiger partial charge in [-0.2, -0.15) is 5.10 Å². The molecule has 0 saturated heterocycles. The second kappa shape index (κ2) is 3.59. The lowest BCUT2D eigenvalue weighted by molar-refractivity contribution is 0.834. The van der Waals surface area contributed by atoms with Crippen LogP contribution in [0, 0.1) is 13.8 Å². The van der Waals surface area contributed by atoms with E-state index in [-0.39, 0.29) is 0 Å². The van der Waals surface area contributed by atoms with Gasteiger partial charge in [-0.1, -0.05) is 11.6 Å². The number of nitrogen functional groups attached to an aromatic ring is 1. The predicted molar refractivity (Wildman–Crippen MR) is 62.5 cm³/mol. The molecule has 2 N–H and O–H groups in total. The summed E-state index contributed by atoms with van der Waals surface area (Å²) in [5.41, 5.74) is 9.12. The van der Waals surface area contributed by atoms with Gasteiger partial charge in [-0.25, -0.2) is 4.68 Å². The highest BCUT2D eigenvalue weighted by Gasteiger charge is 2.09. The minimum absolute atomic E-state index is 0.715. The molecule has 0 aliphatic rings. The van der Waals surface area contributed by atoms with E-state index in [2.05, 4.69) is 5.10 Å². The molecule has 0 radical (unpaired) electrons. The van der Waals surface area contributed by atoms with Gasteiger partial charge in [0.1, 0.15) is 0 Å². The Labute approximate surface area is 93.5 Å². The zero-order valence-electron chi connectivity index (χ0n) is 8.66. The van der Waals surface area contributed by atoms with Crippen molar-refractivity contribution in [3.63, 3.8) is 0 Å². The lowest BCUT2D eigenvalue weighted by Gasteiger charge is -2.04. The number of aryl methyl sites for hydroxylation is 1. The van der Waals surface area contributed by atoms with Gasteiger partial charge in [0.15, 0.2) is 0 Å². The second-order valence-corrected chi connectivity index (χ2v) is 3.87. The molecule has 15 heavy (non-hydrogen) atoms. The van der Waals surface area contributed by atoms with Gasteiger partial charge in [-0.05, 0) is 38.1 Å². The molecule has 0 amide bonds. The van der Waals surface area contributed by atoms with E-state index in [0.717, 1.165) is 22.8 Å². The number of rotatable bonds is 1. The van der Waals surface area contributed by atoms with E-state index < -0.39 is 0 Å². The Morgan fingerprint density at radius 2 is 1.80 bits per heavy atom. The molecule has 1 heterocycles. The van der Waals surface area contributed by atoms with Crippen LogP contribution in [0.2, 0.25) is 5.02 Å². The second-order valence-electron chi connectivity index (χ2n) is 3.49. The van der Waals surface area contributed by atoms with Gasteiger partial charge >= 0.3 is 0 Å². The van der Waals surface area contributed by atoms with Crippen LogP contribution in [0.25, 0.3) is 5.69 Å². The summed E-state index contributed by atoms with van der Waals surface area (Å²) in [5.74, 6) is 0. The summed E-state index contributed by atoms with van der Waals surface area (Å²) in [6.45, 7) is 3.84. The Hall–Kier alpha value is -1.48. The van der Waals surface area contributed by atoms with Gasteiger partial charge in [0.2, 0.25) is 0 Å². The molecule has 0 aliphatic heterocycles. The van der Waals surface area contributed by atoms with Crippen molar-refractivity contribution in [1.29, 1.82) is 0 Å². The topological polar surface area (TPSA) is 43.8 Å². The fourth-order valence-corrected chi connectivity index (χ4v) is 1.61. The predicted octanol–water partition coefficient (Wildman–Crippen LogP) is 2.72. The minimum atomic E-state index is 0.715. The van der Waals surface area contributed by atoms with E-state index in [4.69, 9.17) is 17.3 Å². The summed E-state index contributed by atoms with van der Waals surface area (Å²) in [6.07, 6.45) is 0. The quantitative estimate of drug-likeness (QED) is 0.753. The smallest absolute Gasteiger partial charge is 0.0848 e. The first-order chi connectivity index (χ1) is 7.09. The number of anilines is 1. The van der Waals surface area contributed by atoms with Crippen LogP contribution in [-0.2, 0) is 0 Å². The third kappa shape index (κ3) is 1.70. The van der Waals surface area contributed by atoms with E-state index in [1.807, 2.05) is 42.8 Å². The third-order valence-corrected chi connectivity index (χ3v) is 2.89. The number of halogens is 1. The van der Waals surface area contributed by atoms with Crippen molar-refractivity contribution in [3.8, 4) is 5.69 Å². The maximum absolute atomic E-state index is 6.07. The average Bonchev–Trinajstić information content (AvgIpc) is 2.47. The first-order valence-corrected chi connectivity index (χ1v) is 5.05. The number of hydrogen-bond donors (Lipinski definition) is 1. The maximum Gasteiger partial charge on any atom is 0.0848 e. The molecular formula is C11H12ClN3. The van der Waals surface area contributed by atoms with Crippen LogP contribution >= 0.6 is 11.6 Å². The molecule has 0 fully saturated rings. The molecule has 2 aromatic rings. The summed E-state index contributed by atoms with van der Waals surface area (Å²) in [5, 5.41) is 5.07. The number of hydrogen-bond acceptors (Lipinski definition) is 2. The standard InChI is InChI=1S/C11H12ClN3/c1-7-11(12)8(2)15(14-7)10-5-3-9(13)4-6-10/h3-6H,13H2,1-2H3. The van der Waals surface area contributed by atoms with Gasteiger partial charge in [0.05, 0.1) is 22.1 Å². The summed E-state index contributed by atoms with van der Waals surface area (Å²) in [4.78, 5) is 0. The molecule has 78 valence electrons. The maximum atomic E-state index is 6.07. The summed E-state index contributed by atoms with van der Waals surface area (Å²) in [6, 6.07) is 7.54. The molecule has 0 saturated carbocycles. The Morgan fingerprint density at radius 1 is 1.20 bits per heavy atom. The highest BCUT2D eigenvalue weighted by molar-refractivity contribution is 6.31. The zero-order valence-corrected chi connectivity index (χ0v) is 9.42. The largest absolute Gasteiger partial charge is 0.399 e. The van der Waals surface area contributed by atoms with Crippen molar-refractivity contribution < 1.29 is 0 Å². The molecule has 0 bridgehead atoms. The van der Waals surface area contributed by atoms with Crippen LogP contribution in [-0.4, -0.2) is 9.78 Å². The van der Waals surface area contributed by atoms with Gasteiger partial charge < -0.3 is 5.73 Å². The number of aromatic nitrogens is 2. The normalized spacial score (nSPS) is 10.6. The highest BCUT2D eigenvalue weighted by Crippen LogP contribution is 2.22. The Morgan fingerprint density at radius 3 is 2.27 bits per heavy atom. The summed E-state index contributed by atoms with van der Waals surface area (Å²) < 4.78 is 1.82. The average molecular weight is 222 g/mol. The van der Waals surface area contributed by atoms with E-state index in [0.29, 0.717) is 5.02 Å². The SMILES string of the molecule is Cc1nn(-c2ccc(N)cc2)c(C)c1Cl. The lowest BCUT2D eigenvalue weighted by Crippen LogP contribution is -1.99. The molecular weight excluding hydrogens is 210 g/mol. The van der Waals surface area contributed by atoms with E-state index in [1.165, 1.54) is 0 Å². The van der Waals surface area contributed by atoms with Gasteiger partial charge in [-0.15, -0.1) is 0 Å². The Bertz CT molecular complexity index is 485. The minimum Gasteiger partial charge on any atom is -0.399 e. The van der Waals surface area contributed by atoms with Gasteiger partial charge in [0, 0.05) is 5.69 Å². The van der Waals surface area contributed by atoms with Gasteiger partial charge in [0.25, 0.3) is 0 Å². The number of nitrogens with zero attached hydrogens (tertiary/aromatic N) is 2. The van der Waals surface area contributed by atoms with Crippen LogP contribution in [0.4, 0.5) is 5.69 Å². The molecule has 1 aromatic heterocycles. The monoisotopic (exact) mass is 221 g/mol. The van der Waals surface area contributed by atoms with Crippen LogP contribution in [0.3, 0.4) is 0 Å². The fraction of sp³-hybridized carbons (Fsp3) is 0.182. The molecule has 3 nitrogen and oxygen atoms in total. The summed E-state index contributed by atoms with van der Waals surface area (Å²) in [7, 11) is 0. The van der Waals surface area contributed by atoms with Crippen molar-refractivity contribution in [2.75, 3.05) is 5.73 Å². The third-order valence-electron chi connectivity index (χ3n) is 2.34. The summed E-state index contributed by atoms with van der Waals surface area (Å²) >= 11 is 6.07. The van der Waals surface area contributed by atoms with Crippen molar-refractivity contribution in [2.24, 2.45) is 0 Å². The van der Waals surface area contributed by atoms with Gasteiger partial charge in [-0.3, -0.25) is 0 Å². The van der Waals surface area contributed by atoms with E-state index in [1.54, 1.807) is 0 Å². The number of benzene rings is 1. The molecule has 4 heteroatoms. The van der Waals surface area contributed by atoms with Crippen LogP contribution in [0.15, 0.2) is 24.3 Å². The Balaban J connectivity index is 2.54. The molecule has 0 unspecified atom stereocenters. The lowest BCUT2D eigenvalue weighted by atomic mass is 10.3. The van der Waals surface area contributed by atoms with E-state index in [9.17, 15) is 0 Å². The molecule has 2 rings (SSSR count). The van der Waals surface area contributed by atoms with Crippen molar-refractivity contribution in [1.82, 2.24) is 9.78 Å². The fourth-order valence-electron chi connectivity index (χ4n) is 1.49. The molecule has 0 atom stereocenters. The molecule has 0 aliphatic carbocycles. The van der Waals surface area contributed by atoms with Crippen molar-refractivity contribution in [3.05, 3.63) is 40.7 Å². The molecule has 1 aromatic carbocycles.